The number of likely N-dealkylation sites (N-methyl/N-ethyl adjacent to an activating group) is 1. The molecule has 25 heavy (non-hydrogen) atoms. The zero-order chi connectivity index (χ0) is 19.6. The number of aromatic hydroxyl groups is 1. The number of benzene rings is 1. The van der Waals surface area contributed by atoms with Crippen LogP contribution in [0.2, 0.25) is 0 Å². The largest absolute Gasteiger partial charge is 0.504 e. The van der Waals surface area contributed by atoms with Crippen molar-refractivity contribution in [2.75, 3.05) is 13.6 Å². The molecule has 0 aromatic heterocycles. The number of carbonyl (C=O) groups excluding carboxylic acids is 2. The van der Waals surface area contributed by atoms with Crippen molar-refractivity contribution in [3.63, 3.8) is 0 Å². The zero-order valence-electron chi connectivity index (χ0n) is 16.1. The van der Waals surface area contributed by atoms with Crippen molar-refractivity contribution in [2.24, 2.45) is 10.8 Å². The second-order valence-electron chi connectivity index (χ2n) is 8.17. The second kappa shape index (κ2) is 7.54. The SMILES string of the molecule is CNCC(O)c1ccc(O)c(OC(=O)C(C)(C)C)c1C(=O)C(C)(C)C. The monoisotopic (exact) mass is 351 g/mol. The smallest absolute Gasteiger partial charge is 0.316 e. The molecule has 0 saturated carbocycles. The van der Waals surface area contributed by atoms with Gasteiger partial charge in [0.25, 0.3) is 0 Å². The van der Waals surface area contributed by atoms with E-state index in [-0.39, 0.29) is 29.4 Å². The van der Waals surface area contributed by atoms with E-state index in [1.165, 1.54) is 12.1 Å². The number of phenolic OH excluding ortho intramolecular Hbond substituents is 1. The molecule has 0 bridgehead atoms. The summed E-state index contributed by atoms with van der Waals surface area (Å²) in [5.74, 6) is -1.42. The first kappa shape index (κ1) is 21.1. The molecule has 140 valence electrons. The number of hydrogen-bond acceptors (Lipinski definition) is 6. The molecule has 1 aromatic rings. The Balaban J connectivity index is 3.60. The first-order valence-corrected chi connectivity index (χ1v) is 8.26. The number of phenols is 1. The van der Waals surface area contributed by atoms with Crippen LogP contribution >= 0.6 is 0 Å². The zero-order valence-corrected chi connectivity index (χ0v) is 16.1. The van der Waals surface area contributed by atoms with Crippen LogP contribution in [-0.4, -0.2) is 35.6 Å². The summed E-state index contributed by atoms with van der Waals surface area (Å²) in [5, 5.41) is 23.5. The Morgan fingerprint density at radius 1 is 1.12 bits per heavy atom. The van der Waals surface area contributed by atoms with Gasteiger partial charge in [-0.25, -0.2) is 0 Å². The number of nitrogens with one attached hydrogen (secondary N) is 1. The molecule has 1 atom stereocenters. The Bertz CT molecular complexity index is 653. The molecular formula is C19H29NO5. The Hall–Kier alpha value is -1.92. The van der Waals surface area contributed by atoms with Crippen molar-refractivity contribution in [2.45, 2.75) is 47.6 Å². The van der Waals surface area contributed by atoms with Crippen LogP contribution in [0.4, 0.5) is 0 Å². The molecule has 0 aliphatic carbocycles. The molecule has 1 rings (SSSR count). The van der Waals surface area contributed by atoms with Crippen LogP contribution in [0.25, 0.3) is 0 Å². The molecule has 0 aliphatic rings. The predicted molar refractivity (Wildman–Crippen MR) is 95.9 cm³/mol. The van der Waals surface area contributed by atoms with Gasteiger partial charge in [-0.15, -0.1) is 0 Å². The molecule has 0 spiro atoms. The van der Waals surface area contributed by atoms with E-state index in [2.05, 4.69) is 5.32 Å². The maximum absolute atomic E-state index is 13.0. The summed E-state index contributed by atoms with van der Waals surface area (Å²) < 4.78 is 5.38. The van der Waals surface area contributed by atoms with Gasteiger partial charge in [0.15, 0.2) is 17.3 Å². The number of aliphatic hydroxyl groups is 1. The van der Waals surface area contributed by atoms with Crippen LogP contribution in [-0.2, 0) is 4.79 Å². The lowest BCUT2D eigenvalue weighted by Gasteiger charge is -2.25. The van der Waals surface area contributed by atoms with Gasteiger partial charge < -0.3 is 20.3 Å². The van der Waals surface area contributed by atoms with Gasteiger partial charge in [0.1, 0.15) is 0 Å². The fourth-order valence-electron chi connectivity index (χ4n) is 2.13. The summed E-state index contributed by atoms with van der Waals surface area (Å²) in [4.78, 5) is 25.3. The summed E-state index contributed by atoms with van der Waals surface area (Å²) in [7, 11) is 1.68. The van der Waals surface area contributed by atoms with Crippen molar-refractivity contribution in [1.82, 2.24) is 5.32 Å². The van der Waals surface area contributed by atoms with E-state index in [1.807, 2.05) is 0 Å². The average molecular weight is 351 g/mol. The lowest BCUT2D eigenvalue weighted by molar-refractivity contribution is -0.143. The van der Waals surface area contributed by atoms with E-state index >= 15 is 0 Å². The Labute approximate surface area is 149 Å². The van der Waals surface area contributed by atoms with Gasteiger partial charge in [0.2, 0.25) is 0 Å². The summed E-state index contributed by atoms with van der Waals surface area (Å²) in [5.41, 5.74) is -1.25. The van der Waals surface area contributed by atoms with E-state index in [0.717, 1.165) is 0 Å². The van der Waals surface area contributed by atoms with Gasteiger partial charge in [-0.1, -0.05) is 26.8 Å². The maximum Gasteiger partial charge on any atom is 0.316 e. The third-order valence-corrected chi connectivity index (χ3v) is 3.64. The summed E-state index contributed by atoms with van der Waals surface area (Å²) in [6, 6.07) is 2.80. The highest BCUT2D eigenvalue weighted by molar-refractivity contribution is 6.05. The standard InChI is InChI=1S/C19H29NO5/c1-18(2,3)16(23)14-11(13(22)10-20-7)8-9-12(21)15(14)25-17(24)19(4,5)6/h8-9,13,20-22H,10H2,1-7H3. The molecule has 0 fully saturated rings. The van der Waals surface area contributed by atoms with Gasteiger partial charge in [-0.05, 0) is 39.4 Å². The number of esters is 1. The Kier molecular flexibility index (Phi) is 6.37. The molecule has 3 N–H and O–H groups in total. The molecular weight excluding hydrogens is 322 g/mol. The molecule has 0 aliphatic heterocycles. The van der Waals surface area contributed by atoms with Gasteiger partial charge in [0.05, 0.1) is 17.1 Å². The lowest BCUT2D eigenvalue weighted by Crippen LogP contribution is -2.29. The normalized spacial score (nSPS) is 13.4. The summed E-state index contributed by atoms with van der Waals surface area (Å²) in [6.45, 7) is 10.4. The lowest BCUT2D eigenvalue weighted by atomic mass is 9.83. The third-order valence-electron chi connectivity index (χ3n) is 3.64. The fraction of sp³-hybridized carbons (Fsp3) is 0.579. The number of rotatable bonds is 5. The summed E-state index contributed by atoms with van der Waals surface area (Å²) in [6.07, 6.45) is -0.987. The minimum absolute atomic E-state index is 0.0350. The van der Waals surface area contributed by atoms with E-state index < -0.39 is 22.9 Å². The van der Waals surface area contributed by atoms with Crippen LogP contribution in [0.1, 0.15) is 63.6 Å². The molecule has 0 amide bonds. The van der Waals surface area contributed by atoms with E-state index in [9.17, 15) is 19.8 Å². The highest BCUT2D eigenvalue weighted by atomic mass is 16.5. The third kappa shape index (κ3) is 5.03. The van der Waals surface area contributed by atoms with E-state index in [1.54, 1.807) is 48.6 Å². The maximum atomic E-state index is 13.0. The fourth-order valence-corrected chi connectivity index (χ4v) is 2.13. The average Bonchev–Trinajstić information content (AvgIpc) is 2.46. The molecule has 1 unspecified atom stereocenters. The Morgan fingerprint density at radius 2 is 1.68 bits per heavy atom. The van der Waals surface area contributed by atoms with Crippen molar-refractivity contribution in [3.8, 4) is 11.5 Å². The van der Waals surface area contributed by atoms with Gasteiger partial charge in [-0.3, -0.25) is 9.59 Å². The highest BCUT2D eigenvalue weighted by Crippen LogP contribution is 2.40. The molecule has 0 heterocycles. The summed E-state index contributed by atoms with van der Waals surface area (Å²) >= 11 is 0. The molecule has 0 radical (unpaired) electrons. The molecule has 0 saturated heterocycles. The van der Waals surface area contributed by atoms with Crippen molar-refractivity contribution in [1.29, 1.82) is 0 Å². The number of aliphatic hydroxyl groups excluding tert-OH is 1. The van der Waals surface area contributed by atoms with Crippen LogP contribution in [0.15, 0.2) is 12.1 Å². The van der Waals surface area contributed by atoms with Crippen LogP contribution in [0.3, 0.4) is 0 Å². The van der Waals surface area contributed by atoms with Gasteiger partial charge in [0, 0.05) is 12.0 Å². The minimum Gasteiger partial charge on any atom is -0.504 e. The number of Topliss-reactive ketones (excluding diaryl/α,β-unsaturated/α-hetero) is 1. The topological polar surface area (TPSA) is 95.9 Å². The predicted octanol–water partition coefficient (Wildman–Crippen LogP) is 2.83. The van der Waals surface area contributed by atoms with Gasteiger partial charge >= 0.3 is 5.97 Å². The first-order valence-electron chi connectivity index (χ1n) is 8.26. The van der Waals surface area contributed by atoms with Crippen LogP contribution in [0, 0.1) is 10.8 Å². The quantitative estimate of drug-likeness (QED) is 0.429. The number of ether oxygens (including phenoxy) is 1. The van der Waals surface area contributed by atoms with E-state index in [0.29, 0.717) is 5.56 Å². The van der Waals surface area contributed by atoms with Crippen molar-refractivity contribution >= 4 is 11.8 Å². The van der Waals surface area contributed by atoms with Gasteiger partial charge in [-0.2, -0.15) is 0 Å². The number of ketones is 1. The van der Waals surface area contributed by atoms with Crippen LogP contribution < -0.4 is 10.1 Å². The molecule has 6 heteroatoms. The second-order valence-corrected chi connectivity index (χ2v) is 8.17. The van der Waals surface area contributed by atoms with E-state index in [4.69, 9.17) is 4.74 Å². The number of hydrogen-bond donors (Lipinski definition) is 3. The molecule has 6 nitrogen and oxygen atoms in total. The van der Waals surface area contributed by atoms with Crippen molar-refractivity contribution < 1.29 is 24.5 Å². The molecule has 1 aromatic carbocycles. The highest BCUT2D eigenvalue weighted by Gasteiger charge is 2.34. The Morgan fingerprint density at radius 3 is 2.12 bits per heavy atom. The number of carbonyl (C=O) groups is 2. The van der Waals surface area contributed by atoms with Crippen LogP contribution in [0.5, 0.6) is 11.5 Å². The first-order chi connectivity index (χ1) is 11.3. The van der Waals surface area contributed by atoms with Crippen molar-refractivity contribution in [3.05, 3.63) is 23.3 Å². The minimum atomic E-state index is -0.987.